The van der Waals surface area contributed by atoms with Crippen molar-refractivity contribution in [3.8, 4) is 11.8 Å². The highest BCUT2D eigenvalue weighted by Gasteiger charge is 2.45. The van der Waals surface area contributed by atoms with Crippen molar-refractivity contribution in [1.29, 1.82) is 5.26 Å². The summed E-state index contributed by atoms with van der Waals surface area (Å²) >= 11 is 12.6. The van der Waals surface area contributed by atoms with Crippen molar-refractivity contribution in [1.82, 2.24) is 20.0 Å². The van der Waals surface area contributed by atoms with E-state index < -0.39 is 17.5 Å². The second kappa shape index (κ2) is 16.3. The quantitative estimate of drug-likeness (QED) is 0.239. The van der Waals surface area contributed by atoms with Crippen molar-refractivity contribution in [2.75, 3.05) is 53.0 Å². The molecule has 3 amide bonds. The van der Waals surface area contributed by atoms with Crippen molar-refractivity contribution < 1.29 is 19.1 Å². The molecule has 10 nitrogen and oxygen atoms in total. The van der Waals surface area contributed by atoms with Gasteiger partial charge in [-0.05, 0) is 80.8 Å². The molecule has 0 aromatic heterocycles. The third kappa shape index (κ3) is 8.41. The summed E-state index contributed by atoms with van der Waals surface area (Å²) < 4.78 is 11.4. The van der Waals surface area contributed by atoms with E-state index in [2.05, 4.69) is 11.4 Å². The van der Waals surface area contributed by atoms with Crippen molar-refractivity contribution in [2.45, 2.75) is 51.3 Å². The van der Waals surface area contributed by atoms with E-state index in [1.165, 1.54) is 0 Å². The predicted molar refractivity (Wildman–Crippen MR) is 196 cm³/mol. The highest BCUT2D eigenvalue weighted by molar-refractivity contribution is 6.30. The molecule has 3 unspecified atom stereocenters. The van der Waals surface area contributed by atoms with Gasteiger partial charge in [-0.25, -0.2) is 4.79 Å². The number of ether oxygens (including phenoxy) is 2. The number of rotatable bonds is 11. The van der Waals surface area contributed by atoms with E-state index >= 15 is 0 Å². The summed E-state index contributed by atoms with van der Waals surface area (Å²) in [5.41, 5.74) is 2.44. The maximum Gasteiger partial charge on any atom is 0.326 e. The minimum atomic E-state index is -0.756. The first-order chi connectivity index (χ1) is 23.9. The molecule has 1 N–H and O–H groups in total. The molecular formula is C38H44Cl2N6O4. The number of halogens is 2. The Labute approximate surface area is 304 Å². The highest BCUT2D eigenvalue weighted by atomic mass is 35.5. The number of hydrogen-bond acceptors (Lipinski definition) is 7. The van der Waals surface area contributed by atoms with Gasteiger partial charge in [0.15, 0.2) is 0 Å². The topological polar surface area (TPSA) is 110 Å². The van der Waals surface area contributed by atoms with Crippen LogP contribution in [0.25, 0.3) is 0 Å². The number of carbonyl (C=O) groups excluding carboxylic acids is 2. The minimum absolute atomic E-state index is 0.0766. The summed E-state index contributed by atoms with van der Waals surface area (Å²) in [5.74, 6) is 0.923. The fourth-order valence-corrected chi connectivity index (χ4v) is 6.39. The van der Waals surface area contributed by atoms with E-state index in [-0.39, 0.29) is 24.6 Å². The summed E-state index contributed by atoms with van der Waals surface area (Å²) in [6.45, 7) is 10.5. The molecule has 1 fully saturated rings. The number of methoxy groups -OCH3 is 1. The number of piperazine rings is 1. The van der Waals surface area contributed by atoms with Gasteiger partial charge in [0.2, 0.25) is 5.91 Å². The lowest BCUT2D eigenvalue weighted by atomic mass is 9.85. The molecule has 0 spiro atoms. The molecule has 2 heterocycles. The van der Waals surface area contributed by atoms with Gasteiger partial charge in [0, 0.05) is 49.9 Å². The zero-order valence-electron chi connectivity index (χ0n) is 29.2. The van der Waals surface area contributed by atoms with E-state index in [0.29, 0.717) is 66.5 Å². The monoisotopic (exact) mass is 718 g/mol. The minimum Gasteiger partial charge on any atom is -0.493 e. The average molecular weight is 720 g/mol. The second-order valence-electron chi connectivity index (χ2n) is 13.1. The smallest absolute Gasteiger partial charge is 0.326 e. The molecule has 0 radical (unpaired) electrons. The number of carbonyl (C=O) groups is 2. The number of nitriles is 1. The largest absolute Gasteiger partial charge is 0.493 e. The normalized spacial score (nSPS) is 18.7. The Kier molecular flexibility index (Phi) is 12.1. The Morgan fingerprint density at radius 3 is 2.20 bits per heavy atom. The van der Waals surface area contributed by atoms with Gasteiger partial charge in [-0.15, -0.1) is 0 Å². The Balaban J connectivity index is 1.53. The molecular weight excluding hydrogens is 675 g/mol. The number of amidine groups is 1. The Morgan fingerprint density at radius 1 is 1.00 bits per heavy atom. The van der Waals surface area contributed by atoms with Gasteiger partial charge in [0.1, 0.15) is 17.6 Å². The SMILES string of the molecule is CCOc1cc(C(C)(C)C#N)ccc1C1=NC(c2ccc(Cl)cc2)C(c2ccc(Cl)cc2)N1C(=O)N1CCN(CC(=O)NCC(C)OC)CC1. The summed E-state index contributed by atoms with van der Waals surface area (Å²) in [7, 11) is 1.61. The van der Waals surface area contributed by atoms with Crippen LogP contribution >= 0.6 is 23.2 Å². The lowest BCUT2D eigenvalue weighted by Gasteiger charge is -2.39. The molecule has 0 aliphatic carbocycles. The van der Waals surface area contributed by atoms with Gasteiger partial charge in [0.05, 0.1) is 42.3 Å². The summed E-state index contributed by atoms with van der Waals surface area (Å²) in [6.07, 6.45) is -0.0766. The van der Waals surface area contributed by atoms with E-state index in [4.69, 9.17) is 37.7 Å². The van der Waals surface area contributed by atoms with Crippen LogP contribution in [-0.2, 0) is 14.9 Å². The van der Waals surface area contributed by atoms with Crippen LogP contribution in [0.3, 0.4) is 0 Å². The van der Waals surface area contributed by atoms with Crippen molar-refractivity contribution in [3.05, 3.63) is 99.0 Å². The number of nitrogens with one attached hydrogen (secondary N) is 1. The van der Waals surface area contributed by atoms with Gasteiger partial charge in [0.25, 0.3) is 0 Å². The third-order valence-electron chi connectivity index (χ3n) is 9.22. The molecule has 3 atom stereocenters. The van der Waals surface area contributed by atoms with Crippen molar-refractivity contribution in [3.63, 3.8) is 0 Å². The van der Waals surface area contributed by atoms with Crippen LogP contribution in [0.15, 0.2) is 71.7 Å². The lowest BCUT2D eigenvalue weighted by Crippen LogP contribution is -2.55. The Bertz CT molecular complexity index is 1730. The van der Waals surface area contributed by atoms with Crippen LogP contribution in [-0.4, -0.2) is 91.6 Å². The lowest BCUT2D eigenvalue weighted by molar-refractivity contribution is -0.123. The number of benzene rings is 3. The van der Waals surface area contributed by atoms with Gasteiger partial charge < -0.3 is 19.7 Å². The first kappa shape index (κ1) is 37.1. The van der Waals surface area contributed by atoms with Gasteiger partial charge in [-0.2, -0.15) is 5.26 Å². The Hall–Kier alpha value is -4.14. The molecule has 264 valence electrons. The number of nitrogens with zero attached hydrogens (tertiary/aromatic N) is 5. The van der Waals surface area contributed by atoms with E-state index in [1.54, 1.807) is 12.0 Å². The molecule has 0 saturated carbocycles. The van der Waals surface area contributed by atoms with Crippen LogP contribution in [0, 0.1) is 11.3 Å². The number of amides is 3. The van der Waals surface area contributed by atoms with Crippen LogP contribution in [0.2, 0.25) is 10.0 Å². The molecule has 3 aromatic rings. The fourth-order valence-electron chi connectivity index (χ4n) is 6.14. The van der Waals surface area contributed by atoms with Crippen molar-refractivity contribution >= 4 is 41.0 Å². The maximum atomic E-state index is 14.9. The predicted octanol–water partition coefficient (Wildman–Crippen LogP) is 6.63. The summed E-state index contributed by atoms with van der Waals surface area (Å²) in [6, 6.07) is 21.8. The van der Waals surface area contributed by atoms with Crippen LogP contribution < -0.4 is 10.1 Å². The van der Waals surface area contributed by atoms with Gasteiger partial charge in [-0.3, -0.25) is 19.6 Å². The molecule has 50 heavy (non-hydrogen) atoms. The second-order valence-corrected chi connectivity index (χ2v) is 14.0. The number of aliphatic imine (C=N–C) groups is 1. The molecule has 0 bridgehead atoms. The van der Waals surface area contributed by atoms with E-state index in [0.717, 1.165) is 16.7 Å². The Morgan fingerprint density at radius 2 is 1.62 bits per heavy atom. The first-order valence-electron chi connectivity index (χ1n) is 16.8. The first-order valence-corrected chi connectivity index (χ1v) is 17.6. The molecule has 5 rings (SSSR count). The van der Waals surface area contributed by atoms with Crippen LogP contribution in [0.1, 0.15) is 62.0 Å². The zero-order chi connectivity index (χ0) is 36.0. The van der Waals surface area contributed by atoms with E-state index in [9.17, 15) is 14.9 Å². The standard InChI is InChI=1S/C38H44Cl2N6O4/c1-6-50-32-21-28(38(3,4)24-41)11-16-31(32)36-43-34(26-7-12-29(39)13-8-26)35(27-9-14-30(40)15-10-27)46(36)37(48)45-19-17-44(18-20-45)23-33(47)42-22-25(2)49-5/h7-16,21,25,34-35H,6,17-20,22-23H2,1-5H3,(H,42,47). The average Bonchev–Trinajstić information content (AvgIpc) is 3.51. The summed E-state index contributed by atoms with van der Waals surface area (Å²) in [5, 5.41) is 14.0. The van der Waals surface area contributed by atoms with Gasteiger partial charge in [-0.1, -0.05) is 53.5 Å². The molecule has 1 saturated heterocycles. The fraction of sp³-hybridized carbons (Fsp3) is 0.421. The third-order valence-corrected chi connectivity index (χ3v) is 9.72. The molecule has 12 heteroatoms. The van der Waals surface area contributed by atoms with Crippen LogP contribution in [0.4, 0.5) is 4.79 Å². The highest BCUT2D eigenvalue weighted by Crippen LogP contribution is 2.46. The maximum absolute atomic E-state index is 14.9. The van der Waals surface area contributed by atoms with Crippen LogP contribution in [0.5, 0.6) is 5.75 Å². The number of hydrogen-bond donors (Lipinski definition) is 1. The van der Waals surface area contributed by atoms with E-state index in [1.807, 2.05) is 104 Å². The molecule has 3 aromatic carbocycles. The zero-order valence-corrected chi connectivity index (χ0v) is 30.7. The van der Waals surface area contributed by atoms with Gasteiger partial charge >= 0.3 is 6.03 Å². The molecule has 2 aliphatic heterocycles. The number of urea groups is 1. The molecule has 2 aliphatic rings. The van der Waals surface area contributed by atoms with Crippen molar-refractivity contribution in [2.24, 2.45) is 4.99 Å². The summed E-state index contributed by atoms with van der Waals surface area (Å²) in [4.78, 5) is 38.4.